The fraction of sp³-hybridized carbons (Fsp3) is 0.412. The Bertz CT molecular complexity index is 814. The van der Waals surface area contributed by atoms with Crippen LogP contribution in [-0.2, 0) is 27.2 Å². The molecule has 0 amide bonds. The van der Waals surface area contributed by atoms with Gasteiger partial charge in [0.25, 0.3) is 0 Å². The molecule has 0 spiro atoms. The summed E-state index contributed by atoms with van der Waals surface area (Å²) >= 11 is 0. The summed E-state index contributed by atoms with van der Waals surface area (Å²) in [5, 5.41) is 11.2. The topological polar surface area (TPSA) is 78.1 Å². The molecule has 0 atom stereocenters. The summed E-state index contributed by atoms with van der Waals surface area (Å²) < 4.78 is 50.7. The summed E-state index contributed by atoms with van der Waals surface area (Å²) in [7, 11) is 0. The molecule has 0 saturated carbocycles. The Morgan fingerprint density at radius 1 is 1.15 bits per heavy atom. The van der Waals surface area contributed by atoms with Gasteiger partial charge in [-0.3, -0.25) is 4.79 Å². The van der Waals surface area contributed by atoms with E-state index in [0.717, 1.165) is 10.2 Å². The second kappa shape index (κ2) is 8.76. The number of carbonyl (C=O) groups is 1. The minimum Gasteiger partial charge on any atom is -0.463 e. The molecule has 0 N–H and O–H groups in total. The van der Waals surface area contributed by atoms with E-state index in [-0.39, 0.29) is 31.3 Å². The largest absolute Gasteiger partial charge is 0.463 e. The second-order valence-corrected chi connectivity index (χ2v) is 5.69. The van der Waals surface area contributed by atoms with Gasteiger partial charge in [-0.1, -0.05) is 17.7 Å². The van der Waals surface area contributed by atoms with Crippen molar-refractivity contribution < 1.29 is 27.4 Å². The number of rotatable bonds is 7. The van der Waals surface area contributed by atoms with E-state index < -0.39 is 17.8 Å². The number of azo groups is 1. The molecule has 0 aliphatic carbocycles. The molecule has 2 rings (SSSR count). The average Bonchev–Trinajstić information content (AvgIpc) is 2.90. The maximum atomic E-state index is 13.3. The van der Waals surface area contributed by atoms with Crippen LogP contribution in [0.2, 0.25) is 0 Å². The number of aromatic nitrogens is 2. The molecule has 146 valence electrons. The predicted octanol–water partition coefficient (Wildman–Crippen LogP) is 4.47. The van der Waals surface area contributed by atoms with Crippen LogP contribution in [0.1, 0.15) is 23.9 Å². The van der Waals surface area contributed by atoms with Gasteiger partial charge in [-0.25, -0.2) is 4.68 Å². The summed E-state index contributed by atoms with van der Waals surface area (Å²) in [4.78, 5) is 10.7. The van der Waals surface area contributed by atoms with Crippen LogP contribution in [0.4, 0.5) is 24.5 Å². The Morgan fingerprint density at radius 3 is 2.41 bits per heavy atom. The van der Waals surface area contributed by atoms with Crippen molar-refractivity contribution in [3.8, 4) is 0 Å². The number of alkyl halides is 3. The van der Waals surface area contributed by atoms with Crippen molar-refractivity contribution in [2.45, 2.75) is 33.7 Å². The van der Waals surface area contributed by atoms with Crippen LogP contribution < -0.4 is 0 Å². The molecule has 27 heavy (non-hydrogen) atoms. The van der Waals surface area contributed by atoms with E-state index in [4.69, 9.17) is 4.74 Å². The highest BCUT2D eigenvalue weighted by Gasteiger charge is 2.39. The molecule has 0 aliphatic heterocycles. The second-order valence-electron chi connectivity index (χ2n) is 5.69. The molecule has 0 radical (unpaired) electrons. The molecular weight excluding hydrogens is 365 g/mol. The van der Waals surface area contributed by atoms with Crippen molar-refractivity contribution in [2.75, 3.05) is 13.2 Å². The molecule has 1 aromatic carbocycles. The highest BCUT2D eigenvalue weighted by Crippen LogP contribution is 2.38. The molecule has 0 fully saturated rings. The predicted molar refractivity (Wildman–Crippen MR) is 89.9 cm³/mol. The molecule has 0 aliphatic rings. The lowest BCUT2D eigenvalue weighted by molar-refractivity contribution is -0.144. The zero-order chi connectivity index (χ0) is 20.0. The summed E-state index contributed by atoms with van der Waals surface area (Å²) in [5.74, 6) is -0.466. The summed E-state index contributed by atoms with van der Waals surface area (Å²) in [5.41, 5.74) is 0.0788. The Hall–Kier alpha value is -2.75. The van der Waals surface area contributed by atoms with Gasteiger partial charge in [0.15, 0.2) is 5.69 Å². The van der Waals surface area contributed by atoms with Gasteiger partial charge in [0.05, 0.1) is 18.0 Å². The van der Waals surface area contributed by atoms with Crippen LogP contribution in [0.15, 0.2) is 34.5 Å². The summed E-state index contributed by atoms with van der Waals surface area (Å²) in [6, 6.07) is 6.88. The van der Waals surface area contributed by atoms with Gasteiger partial charge < -0.3 is 9.47 Å². The summed E-state index contributed by atoms with van der Waals surface area (Å²) in [6.45, 7) is 4.37. The molecular formula is C17H19F3N4O3. The number of hydrogen-bond acceptors (Lipinski definition) is 6. The van der Waals surface area contributed by atoms with Crippen LogP contribution in [0.3, 0.4) is 0 Å². The number of benzene rings is 1. The van der Waals surface area contributed by atoms with E-state index in [2.05, 4.69) is 20.1 Å². The Balaban J connectivity index is 2.18. The molecule has 1 aromatic heterocycles. The van der Waals surface area contributed by atoms with Gasteiger partial charge >= 0.3 is 12.1 Å². The lowest BCUT2D eigenvalue weighted by Crippen LogP contribution is -2.13. The van der Waals surface area contributed by atoms with Crippen molar-refractivity contribution in [1.29, 1.82) is 0 Å². The molecule has 0 saturated heterocycles. The highest BCUT2D eigenvalue weighted by molar-refractivity contribution is 5.65. The van der Waals surface area contributed by atoms with Gasteiger partial charge in [-0.2, -0.15) is 23.4 Å². The van der Waals surface area contributed by atoms with Gasteiger partial charge in [0, 0.05) is 6.92 Å². The maximum Gasteiger partial charge on any atom is 0.437 e. The lowest BCUT2D eigenvalue weighted by Gasteiger charge is -2.06. The van der Waals surface area contributed by atoms with Gasteiger partial charge in [-0.05, 0) is 26.0 Å². The third-order valence-electron chi connectivity index (χ3n) is 3.49. The zero-order valence-electron chi connectivity index (χ0n) is 15.1. The summed E-state index contributed by atoms with van der Waals surface area (Å²) in [6.07, 6.45) is -4.69. The number of aryl methyl sites for hydroxylation is 1. The minimum absolute atomic E-state index is 0.00175. The van der Waals surface area contributed by atoms with Crippen molar-refractivity contribution in [1.82, 2.24) is 9.78 Å². The molecule has 7 nitrogen and oxygen atoms in total. The van der Waals surface area contributed by atoms with E-state index >= 15 is 0 Å². The molecule has 10 heteroatoms. The van der Waals surface area contributed by atoms with Crippen LogP contribution in [0.25, 0.3) is 0 Å². The number of esters is 1. The Labute approximate surface area is 153 Å². The molecule has 2 aromatic rings. The quantitative estimate of drug-likeness (QED) is 0.401. The average molecular weight is 384 g/mol. The number of hydrogen-bond donors (Lipinski definition) is 0. The first-order valence-corrected chi connectivity index (χ1v) is 8.02. The van der Waals surface area contributed by atoms with E-state index in [1.807, 2.05) is 6.92 Å². The first-order valence-electron chi connectivity index (χ1n) is 8.02. The third-order valence-corrected chi connectivity index (χ3v) is 3.49. The van der Waals surface area contributed by atoms with Gasteiger partial charge in [0.1, 0.15) is 19.0 Å². The van der Waals surface area contributed by atoms with Crippen LogP contribution in [-0.4, -0.2) is 29.0 Å². The van der Waals surface area contributed by atoms with E-state index in [0.29, 0.717) is 5.69 Å². The fourth-order valence-electron chi connectivity index (χ4n) is 2.09. The van der Waals surface area contributed by atoms with E-state index in [9.17, 15) is 18.0 Å². The normalized spacial score (nSPS) is 11.9. The molecule has 0 bridgehead atoms. The smallest absolute Gasteiger partial charge is 0.437 e. The van der Waals surface area contributed by atoms with Crippen LogP contribution >= 0.6 is 0 Å². The zero-order valence-corrected chi connectivity index (χ0v) is 15.1. The van der Waals surface area contributed by atoms with Crippen molar-refractivity contribution in [3.05, 3.63) is 41.2 Å². The standard InChI is InChI=1S/C17H19F3N4O3/c1-11-4-6-14(7-5-11)21-22-15-12(2)24(23-16(15)17(18,19)20)10-26-8-9-27-13(3)25/h4-7H,8-10H2,1-3H3. The van der Waals surface area contributed by atoms with Gasteiger partial charge in [-0.15, -0.1) is 5.11 Å². The van der Waals surface area contributed by atoms with E-state index in [1.54, 1.807) is 24.3 Å². The Kier molecular flexibility index (Phi) is 6.67. The Morgan fingerprint density at radius 2 is 1.81 bits per heavy atom. The van der Waals surface area contributed by atoms with Crippen LogP contribution in [0.5, 0.6) is 0 Å². The highest BCUT2D eigenvalue weighted by atomic mass is 19.4. The number of carbonyl (C=O) groups excluding carboxylic acids is 1. The van der Waals surface area contributed by atoms with Crippen molar-refractivity contribution >= 4 is 17.3 Å². The SMILES string of the molecule is CC(=O)OCCOCn1nc(C(F)(F)F)c(N=Nc2ccc(C)cc2)c1C. The monoisotopic (exact) mass is 384 g/mol. The fourth-order valence-corrected chi connectivity index (χ4v) is 2.09. The molecule has 1 heterocycles. The third kappa shape index (κ3) is 5.88. The minimum atomic E-state index is -4.69. The molecule has 0 unspecified atom stereocenters. The first kappa shape index (κ1) is 20.6. The van der Waals surface area contributed by atoms with Gasteiger partial charge in [0.2, 0.25) is 0 Å². The number of ether oxygens (including phenoxy) is 2. The first-order chi connectivity index (χ1) is 12.7. The van der Waals surface area contributed by atoms with Crippen LogP contribution in [0, 0.1) is 13.8 Å². The van der Waals surface area contributed by atoms with Crippen molar-refractivity contribution in [3.63, 3.8) is 0 Å². The number of nitrogens with zero attached hydrogens (tertiary/aromatic N) is 4. The van der Waals surface area contributed by atoms with E-state index in [1.165, 1.54) is 13.8 Å². The lowest BCUT2D eigenvalue weighted by atomic mass is 10.2. The maximum absolute atomic E-state index is 13.3. The van der Waals surface area contributed by atoms with Crippen molar-refractivity contribution in [2.24, 2.45) is 10.2 Å². The number of halogens is 3.